The van der Waals surface area contributed by atoms with Crippen LogP contribution in [0.5, 0.6) is 0 Å². The van der Waals surface area contributed by atoms with Gasteiger partial charge in [-0.2, -0.15) is 13.2 Å². The second-order valence-electron chi connectivity index (χ2n) is 7.21. The average molecular weight is 568 g/mol. The second kappa shape index (κ2) is 12.5. The Hall–Kier alpha value is -1.53. The molecule has 2 aromatic rings. The molecule has 1 aliphatic heterocycles. The summed E-state index contributed by atoms with van der Waals surface area (Å²) in [4.78, 5) is 6.71. The van der Waals surface area contributed by atoms with Gasteiger partial charge in [0.25, 0.3) is 0 Å². The molecule has 10 heteroatoms. The van der Waals surface area contributed by atoms with E-state index in [0.29, 0.717) is 18.2 Å². The number of aliphatic imine (C=N–C) groups is 1. The molecule has 1 aliphatic rings. The third kappa shape index (κ3) is 8.85. The number of thiophene rings is 1. The third-order valence-electron chi connectivity index (χ3n) is 4.86. The molecule has 2 heterocycles. The summed E-state index contributed by atoms with van der Waals surface area (Å²) in [5.74, 6) is 0.725. The number of guanidine groups is 1. The summed E-state index contributed by atoms with van der Waals surface area (Å²) < 4.78 is 41.4. The number of piperidine rings is 1. The summed E-state index contributed by atoms with van der Waals surface area (Å²) in [6.45, 7) is 1.24. The standard InChI is InChI=1S/C21H27F3N4OS.HI/c1-25-20(27-18-7-9-28(10-8-18)19-6-3-11-30-19)26-13-16-4-2-5-17(12-16)14-29-15-21(22,23)24;/h2-6,11-12,18H,7-10,13-15H2,1H3,(H2,25,26,27);1H. The fourth-order valence-corrected chi connectivity index (χ4v) is 4.17. The van der Waals surface area contributed by atoms with Gasteiger partial charge in [0.15, 0.2) is 5.96 Å². The van der Waals surface area contributed by atoms with Crippen LogP contribution < -0.4 is 15.5 Å². The highest BCUT2D eigenvalue weighted by Crippen LogP contribution is 2.24. The van der Waals surface area contributed by atoms with Crippen molar-refractivity contribution in [2.75, 3.05) is 31.6 Å². The van der Waals surface area contributed by atoms with Crippen LogP contribution in [0.25, 0.3) is 0 Å². The Kier molecular flexibility index (Phi) is 10.4. The molecule has 3 rings (SSSR count). The van der Waals surface area contributed by atoms with Crippen molar-refractivity contribution in [3.8, 4) is 0 Å². The molecule has 1 aromatic carbocycles. The van der Waals surface area contributed by atoms with Gasteiger partial charge in [0.05, 0.1) is 11.6 Å². The lowest BCUT2D eigenvalue weighted by atomic mass is 10.1. The van der Waals surface area contributed by atoms with Gasteiger partial charge in [-0.15, -0.1) is 35.3 Å². The highest BCUT2D eigenvalue weighted by Gasteiger charge is 2.27. The number of halogens is 4. The van der Waals surface area contributed by atoms with E-state index >= 15 is 0 Å². The Labute approximate surface area is 202 Å². The SMILES string of the molecule is CN=C(NCc1cccc(COCC(F)(F)F)c1)NC1CCN(c2cccs2)CC1.I. The molecule has 0 aliphatic carbocycles. The Morgan fingerprint density at radius 1 is 1.19 bits per heavy atom. The lowest BCUT2D eigenvalue weighted by molar-refractivity contribution is -0.176. The zero-order valence-corrected chi connectivity index (χ0v) is 20.5. The summed E-state index contributed by atoms with van der Waals surface area (Å²) in [6.07, 6.45) is -2.24. The first-order chi connectivity index (χ1) is 14.4. The molecule has 0 radical (unpaired) electrons. The molecule has 0 spiro atoms. The number of alkyl halides is 3. The first-order valence-corrected chi connectivity index (χ1v) is 10.8. The topological polar surface area (TPSA) is 48.9 Å². The van der Waals surface area contributed by atoms with Crippen molar-refractivity contribution in [2.45, 2.75) is 38.2 Å². The van der Waals surface area contributed by atoms with Crippen molar-refractivity contribution in [2.24, 2.45) is 4.99 Å². The van der Waals surface area contributed by atoms with Crippen molar-refractivity contribution < 1.29 is 17.9 Å². The maximum Gasteiger partial charge on any atom is 0.411 e. The normalized spacial score (nSPS) is 15.5. The van der Waals surface area contributed by atoms with Gasteiger partial charge in [0, 0.05) is 32.7 Å². The van der Waals surface area contributed by atoms with Crippen molar-refractivity contribution in [1.29, 1.82) is 0 Å². The molecule has 2 N–H and O–H groups in total. The number of ether oxygens (including phenoxy) is 1. The van der Waals surface area contributed by atoms with Crippen LogP contribution in [0.3, 0.4) is 0 Å². The largest absolute Gasteiger partial charge is 0.411 e. The number of hydrogen-bond donors (Lipinski definition) is 2. The lowest BCUT2D eigenvalue weighted by Crippen LogP contribution is -2.48. The van der Waals surface area contributed by atoms with Gasteiger partial charge >= 0.3 is 6.18 Å². The Balaban J connectivity index is 0.00000341. The van der Waals surface area contributed by atoms with E-state index in [2.05, 4.69) is 38.0 Å². The number of benzene rings is 1. The van der Waals surface area contributed by atoms with E-state index in [1.165, 1.54) is 5.00 Å². The van der Waals surface area contributed by atoms with Crippen molar-refractivity contribution >= 4 is 46.3 Å². The summed E-state index contributed by atoms with van der Waals surface area (Å²) in [6, 6.07) is 11.9. The highest BCUT2D eigenvalue weighted by molar-refractivity contribution is 14.0. The van der Waals surface area contributed by atoms with Crippen LogP contribution in [-0.4, -0.2) is 44.9 Å². The van der Waals surface area contributed by atoms with Crippen LogP contribution in [0.4, 0.5) is 18.2 Å². The van der Waals surface area contributed by atoms with E-state index in [9.17, 15) is 13.2 Å². The molecule has 1 saturated heterocycles. The van der Waals surface area contributed by atoms with Crippen LogP contribution in [0.15, 0.2) is 46.8 Å². The smallest absolute Gasteiger partial charge is 0.367 e. The van der Waals surface area contributed by atoms with Gasteiger partial charge in [-0.3, -0.25) is 4.99 Å². The highest BCUT2D eigenvalue weighted by atomic mass is 127. The quantitative estimate of drug-likeness (QED) is 0.287. The summed E-state index contributed by atoms with van der Waals surface area (Å²) in [7, 11) is 1.73. The molecule has 0 saturated carbocycles. The summed E-state index contributed by atoms with van der Waals surface area (Å²) in [5.41, 5.74) is 1.67. The molecule has 0 unspecified atom stereocenters. The predicted molar refractivity (Wildman–Crippen MR) is 130 cm³/mol. The maximum atomic E-state index is 12.2. The van der Waals surface area contributed by atoms with E-state index in [4.69, 9.17) is 4.74 Å². The first kappa shape index (κ1) is 25.7. The van der Waals surface area contributed by atoms with Crippen LogP contribution in [0, 0.1) is 0 Å². The summed E-state index contributed by atoms with van der Waals surface area (Å²) in [5, 5.41) is 10.2. The Bertz CT molecular complexity index is 809. The van der Waals surface area contributed by atoms with E-state index < -0.39 is 12.8 Å². The van der Waals surface area contributed by atoms with Gasteiger partial charge in [0.1, 0.15) is 6.61 Å². The van der Waals surface area contributed by atoms with Crippen molar-refractivity contribution in [3.63, 3.8) is 0 Å². The molecular formula is C21H28F3IN4OS. The monoisotopic (exact) mass is 568 g/mol. The van der Waals surface area contributed by atoms with Crippen LogP contribution in [0.1, 0.15) is 24.0 Å². The number of anilines is 1. The molecule has 0 atom stereocenters. The molecule has 172 valence electrons. The van der Waals surface area contributed by atoms with Gasteiger partial charge < -0.3 is 20.3 Å². The molecule has 5 nitrogen and oxygen atoms in total. The number of nitrogens with zero attached hydrogens (tertiary/aromatic N) is 2. The van der Waals surface area contributed by atoms with E-state index in [1.807, 2.05) is 18.2 Å². The average Bonchev–Trinajstić information content (AvgIpc) is 3.26. The van der Waals surface area contributed by atoms with Gasteiger partial charge in [-0.1, -0.05) is 24.3 Å². The van der Waals surface area contributed by atoms with Crippen molar-refractivity contribution in [3.05, 3.63) is 52.9 Å². The van der Waals surface area contributed by atoms with Crippen LogP contribution in [0.2, 0.25) is 0 Å². The van der Waals surface area contributed by atoms with Gasteiger partial charge in [-0.25, -0.2) is 0 Å². The molecular weight excluding hydrogens is 540 g/mol. The second-order valence-corrected chi connectivity index (χ2v) is 8.14. The number of nitrogens with one attached hydrogen (secondary N) is 2. The Morgan fingerprint density at radius 3 is 2.58 bits per heavy atom. The Morgan fingerprint density at radius 2 is 1.94 bits per heavy atom. The zero-order chi connectivity index (χ0) is 21.4. The molecule has 1 fully saturated rings. The number of hydrogen-bond acceptors (Lipinski definition) is 4. The molecule has 1 aromatic heterocycles. The predicted octanol–water partition coefficient (Wildman–Crippen LogP) is 4.78. The van der Waals surface area contributed by atoms with E-state index in [1.54, 1.807) is 24.5 Å². The summed E-state index contributed by atoms with van der Waals surface area (Å²) >= 11 is 1.77. The maximum absolute atomic E-state index is 12.2. The first-order valence-electron chi connectivity index (χ1n) is 9.91. The minimum Gasteiger partial charge on any atom is -0.367 e. The molecule has 0 bridgehead atoms. The third-order valence-corrected chi connectivity index (χ3v) is 5.79. The lowest BCUT2D eigenvalue weighted by Gasteiger charge is -2.33. The van der Waals surface area contributed by atoms with Crippen LogP contribution >= 0.6 is 35.3 Å². The zero-order valence-electron chi connectivity index (χ0n) is 17.3. The molecule has 31 heavy (non-hydrogen) atoms. The van der Waals surface area contributed by atoms with Crippen molar-refractivity contribution in [1.82, 2.24) is 10.6 Å². The fourth-order valence-electron chi connectivity index (χ4n) is 3.38. The van der Waals surface area contributed by atoms with E-state index in [0.717, 1.165) is 37.5 Å². The fraction of sp³-hybridized carbons (Fsp3) is 0.476. The minimum atomic E-state index is -4.31. The van der Waals surface area contributed by atoms with E-state index in [-0.39, 0.29) is 30.6 Å². The van der Waals surface area contributed by atoms with Gasteiger partial charge in [0.2, 0.25) is 0 Å². The molecule has 0 amide bonds. The van der Waals surface area contributed by atoms with Gasteiger partial charge in [-0.05, 0) is 41.5 Å². The minimum absolute atomic E-state index is 0. The van der Waals surface area contributed by atoms with Crippen LogP contribution in [-0.2, 0) is 17.9 Å². The number of rotatable bonds is 7.